The average molecular weight is 429 g/mol. The van der Waals surface area contributed by atoms with E-state index in [2.05, 4.69) is 0 Å². The van der Waals surface area contributed by atoms with E-state index >= 15 is 0 Å². The van der Waals surface area contributed by atoms with E-state index in [9.17, 15) is 9.59 Å². The van der Waals surface area contributed by atoms with E-state index in [1.54, 1.807) is 36.4 Å². The molecule has 0 bridgehead atoms. The average Bonchev–Trinajstić information content (AvgIpc) is 2.77. The van der Waals surface area contributed by atoms with Crippen molar-refractivity contribution in [2.75, 3.05) is 35.0 Å². The number of carbonyl (C=O) groups excluding carboxylic acids is 2. The monoisotopic (exact) mass is 429 g/mol. The van der Waals surface area contributed by atoms with Gasteiger partial charge in [0.15, 0.2) is 17.3 Å². The third-order valence-electron chi connectivity index (χ3n) is 4.54. The lowest BCUT2D eigenvalue weighted by molar-refractivity contribution is -0.114. The molecule has 2 rings (SSSR count). The maximum absolute atomic E-state index is 12.0. The molecule has 2 N–H and O–H groups in total. The van der Waals surface area contributed by atoms with E-state index in [0.717, 1.165) is 0 Å². The number of ketones is 1. The van der Waals surface area contributed by atoms with Crippen molar-refractivity contribution in [2.24, 2.45) is 5.73 Å². The predicted octanol–water partition coefficient (Wildman–Crippen LogP) is 3.26. The maximum atomic E-state index is 12.0. The minimum Gasteiger partial charge on any atom is -0.497 e. The minimum atomic E-state index is -0.588. The first kappa shape index (κ1) is 23.6. The first-order chi connectivity index (χ1) is 14.8. The molecular weight excluding hydrogens is 402 g/mol. The molecule has 31 heavy (non-hydrogen) atoms. The largest absolute Gasteiger partial charge is 0.497 e. The molecule has 0 saturated heterocycles. The Morgan fingerprint density at radius 2 is 1.55 bits per heavy atom. The molecule has 0 spiro atoms. The fourth-order valence-corrected chi connectivity index (χ4v) is 2.96. The lowest BCUT2D eigenvalue weighted by atomic mass is 10.1. The van der Waals surface area contributed by atoms with Gasteiger partial charge in [-0.15, -0.1) is 0 Å². The van der Waals surface area contributed by atoms with Crippen LogP contribution in [0.15, 0.2) is 35.9 Å². The molecule has 2 aromatic rings. The van der Waals surface area contributed by atoms with Crippen LogP contribution in [0.25, 0.3) is 6.08 Å². The Bertz CT molecular complexity index is 957. The van der Waals surface area contributed by atoms with Crippen LogP contribution in [0.4, 0.5) is 0 Å². The van der Waals surface area contributed by atoms with E-state index in [1.807, 2.05) is 0 Å². The molecule has 0 aliphatic heterocycles. The summed E-state index contributed by atoms with van der Waals surface area (Å²) in [7, 11) is 6.05. The number of benzene rings is 2. The van der Waals surface area contributed by atoms with Gasteiger partial charge in [-0.05, 0) is 42.8 Å². The first-order valence-corrected chi connectivity index (χ1v) is 9.46. The van der Waals surface area contributed by atoms with E-state index in [1.165, 1.54) is 35.4 Å². The van der Waals surface area contributed by atoms with E-state index in [4.69, 9.17) is 29.4 Å². The zero-order valence-corrected chi connectivity index (χ0v) is 18.3. The summed E-state index contributed by atoms with van der Waals surface area (Å²) in [5, 5.41) is 0. The van der Waals surface area contributed by atoms with Crippen LogP contribution >= 0.6 is 0 Å². The predicted molar refractivity (Wildman–Crippen MR) is 116 cm³/mol. The van der Waals surface area contributed by atoms with Crippen LogP contribution < -0.4 is 29.4 Å². The van der Waals surface area contributed by atoms with Crippen molar-refractivity contribution in [3.8, 4) is 28.7 Å². The Labute approximate surface area is 181 Å². The normalized spacial score (nSPS) is 10.9. The van der Waals surface area contributed by atoms with Crippen LogP contribution in [-0.4, -0.2) is 46.7 Å². The van der Waals surface area contributed by atoms with Gasteiger partial charge in [0.2, 0.25) is 11.7 Å². The Morgan fingerprint density at radius 3 is 2.03 bits per heavy atom. The summed E-state index contributed by atoms with van der Waals surface area (Å²) >= 11 is 0. The second kappa shape index (κ2) is 10.9. The third-order valence-corrected chi connectivity index (χ3v) is 4.54. The van der Waals surface area contributed by atoms with Crippen molar-refractivity contribution in [2.45, 2.75) is 13.3 Å². The minimum absolute atomic E-state index is 0.132. The Morgan fingerprint density at radius 1 is 0.903 bits per heavy atom. The number of hydrogen-bond acceptors (Lipinski definition) is 7. The van der Waals surface area contributed by atoms with Crippen LogP contribution in [0, 0.1) is 0 Å². The molecule has 1 amide bonds. The van der Waals surface area contributed by atoms with Crippen LogP contribution in [0.5, 0.6) is 28.7 Å². The summed E-state index contributed by atoms with van der Waals surface area (Å²) in [5.74, 6) is 1.56. The third kappa shape index (κ3) is 5.91. The standard InChI is InChI=1S/C23H27NO7/c1-14(25)18-7-6-17(27-2)13-19(18)31-9-8-16(23(24)26)10-15-11-20(28-3)22(30-5)21(12-15)29-4/h6-7,10-13H,8-9H2,1-5H3,(H2,24,26). The topological polar surface area (TPSA) is 106 Å². The number of methoxy groups -OCH3 is 4. The highest BCUT2D eigenvalue weighted by atomic mass is 16.5. The number of nitrogens with two attached hydrogens (primary N) is 1. The molecule has 0 fully saturated rings. The molecule has 0 aromatic heterocycles. The molecule has 0 aliphatic carbocycles. The van der Waals surface area contributed by atoms with Gasteiger partial charge in [0.05, 0.1) is 40.6 Å². The van der Waals surface area contributed by atoms with E-state index in [0.29, 0.717) is 45.4 Å². The smallest absolute Gasteiger partial charge is 0.244 e. The van der Waals surface area contributed by atoms with Crippen LogP contribution in [0.3, 0.4) is 0 Å². The summed E-state index contributed by atoms with van der Waals surface area (Å²) in [6.07, 6.45) is 1.86. The molecule has 2 aromatic carbocycles. The van der Waals surface area contributed by atoms with Crippen LogP contribution in [0.1, 0.15) is 29.3 Å². The molecule has 0 aliphatic rings. The fraction of sp³-hybridized carbons (Fsp3) is 0.304. The van der Waals surface area contributed by atoms with Gasteiger partial charge in [-0.2, -0.15) is 0 Å². The van der Waals surface area contributed by atoms with Gasteiger partial charge in [-0.1, -0.05) is 0 Å². The van der Waals surface area contributed by atoms with Gasteiger partial charge >= 0.3 is 0 Å². The van der Waals surface area contributed by atoms with Crippen molar-refractivity contribution < 1.29 is 33.3 Å². The number of primary amides is 1. The van der Waals surface area contributed by atoms with Gasteiger partial charge < -0.3 is 29.4 Å². The number of carbonyl (C=O) groups is 2. The first-order valence-electron chi connectivity index (χ1n) is 9.46. The fourth-order valence-electron chi connectivity index (χ4n) is 2.96. The second-order valence-corrected chi connectivity index (χ2v) is 6.51. The number of rotatable bonds is 11. The molecule has 0 heterocycles. The van der Waals surface area contributed by atoms with Gasteiger partial charge in [0.1, 0.15) is 11.5 Å². The number of Topliss-reactive ketones (excluding diaryl/α,β-unsaturated/α-hetero) is 1. The molecule has 0 atom stereocenters. The van der Waals surface area contributed by atoms with Gasteiger partial charge in [-0.25, -0.2) is 0 Å². The van der Waals surface area contributed by atoms with Crippen molar-refractivity contribution in [3.05, 3.63) is 47.0 Å². The zero-order valence-electron chi connectivity index (χ0n) is 18.3. The molecular formula is C23H27NO7. The van der Waals surface area contributed by atoms with Gasteiger partial charge in [0, 0.05) is 18.1 Å². The van der Waals surface area contributed by atoms with E-state index in [-0.39, 0.29) is 18.8 Å². The summed E-state index contributed by atoms with van der Waals surface area (Å²) in [6, 6.07) is 8.37. The summed E-state index contributed by atoms with van der Waals surface area (Å²) in [5.41, 5.74) is 6.97. The lowest BCUT2D eigenvalue weighted by Gasteiger charge is -2.14. The summed E-state index contributed by atoms with van der Waals surface area (Å²) in [6.45, 7) is 1.58. The lowest BCUT2D eigenvalue weighted by Crippen LogP contribution is -2.16. The van der Waals surface area contributed by atoms with Crippen molar-refractivity contribution in [1.82, 2.24) is 0 Å². The number of amides is 1. The molecule has 0 unspecified atom stereocenters. The molecule has 0 radical (unpaired) electrons. The van der Waals surface area contributed by atoms with Gasteiger partial charge in [-0.3, -0.25) is 9.59 Å². The van der Waals surface area contributed by atoms with Crippen LogP contribution in [0.2, 0.25) is 0 Å². The highest BCUT2D eigenvalue weighted by Crippen LogP contribution is 2.38. The Kier molecular flexibility index (Phi) is 8.31. The molecule has 166 valence electrons. The Balaban J connectivity index is 2.26. The quantitative estimate of drug-likeness (QED) is 0.432. The van der Waals surface area contributed by atoms with E-state index < -0.39 is 5.91 Å². The maximum Gasteiger partial charge on any atom is 0.244 e. The van der Waals surface area contributed by atoms with Crippen molar-refractivity contribution >= 4 is 17.8 Å². The molecule has 8 heteroatoms. The highest BCUT2D eigenvalue weighted by Gasteiger charge is 2.15. The van der Waals surface area contributed by atoms with Crippen molar-refractivity contribution in [3.63, 3.8) is 0 Å². The SMILES string of the molecule is COc1ccc(C(C)=O)c(OCCC(=Cc2cc(OC)c(OC)c(OC)c2)C(N)=O)c1. The highest BCUT2D eigenvalue weighted by molar-refractivity contribution is 5.97. The van der Waals surface area contributed by atoms with Crippen molar-refractivity contribution in [1.29, 1.82) is 0 Å². The Hall–Kier alpha value is -3.68. The molecule has 8 nitrogen and oxygen atoms in total. The summed E-state index contributed by atoms with van der Waals surface area (Å²) in [4.78, 5) is 23.8. The second-order valence-electron chi connectivity index (χ2n) is 6.51. The van der Waals surface area contributed by atoms with Gasteiger partial charge in [0.25, 0.3) is 0 Å². The zero-order chi connectivity index (χ0) is 23.0. The number of hydrogen-bond donors (Lipinski definition) is 1. The molecule has 0 saturated carbocycles. The summed E-state index contributed by atoms with van der Waals surface area (Å²) < 4.78 is 26.9. The van der Waals surface area contributed by atoms with Crippen LogP contribution in [-0.2, 0) is 4.79 Å². The number of ether oxygens (including phenoxy) is 5.